The van der Waals surface area contributed by atoms with Crippen molar-refractivity contribution in [3.63, 3.8) is 0 Å². The molecule has 2 N–H and O–H groups in total. The summed E-state index contributed by atoms with van der Waals surface area (Å²) in [6.45, 7) is 11.3. The molecule has 0 aromatic heterocycles. The van der Waals surface area contributed by atoms with E-state index < -0.39 is 0 Å². The zero-order chi connectivity index (χ0) is 18.0. The fraction of sp³-hybridized carbons (Fsp3) is 0.947. The lowest BCUT2D eigenvalue weighted by Gasteiger charge is -2.41. The first kappa shape index (κ1) is 23.9. The van der Waals surface area contributed by atoms with Crippen molar-refractivity contribution in [2.75, 3.05) is 53.0 Å². The summed E-state index contributed by atoms with van der Waals surface area (Å²) in [6, 6.07) is 0. The number of halogens is 1. The fourth-order valence-electron chi connectivity index (χ4n) is 3.50. The second kappa shape index (κ2) is 13.1. The molecular weight excluding hydrogens is 443 g/mol. The molecule has 26 heavy (non-hydrogen) atoms. The van der Waals surface area contributed by atoms with Gasteiger partial charge in [-0.15, -0.1) is 24.0 Å². The number of hydrogen-bond donors (Lipinski definition) is 2. The maximum atomic E-state index is 5.91. The average molecular weight is 482 g/mol. The molecule has 2 aliphatic heterocycles. The van der Waals surface area contributed by atoms with Crippen molar-refractivity contribution in [2.24, 2.45) is 4.99 Å². The van der Waals surface area contributed by atoms with Gasteiger partial charge in [-0.2, -0.15) is 0 Å². The van der Waals surface area contributed by atoms with Crippen LogP contribution in [0.2, 0.25) is 0 Å². The molecule has 0 aromatic carbocycles. The van der Waals surface area contributed by atoms with Crippen LogP contribution in [0.3, 0.4) is 0 Å². The Morgan fingerprint density at radius 2 is 1.85 bits per heavy atom. The lowest BCUT2D eigenvalue weighted by molar-refractivity contribution is -0.0320. The lowest BCUT2D eigenvalue weighted by Crippen LogP contribution is -2.54. The zero-order valence-corrected chi connectivity index (χ0v) is 19.2. The Labute approximate surface area is 176 Å². The van der Waals surface area contributed by atoms with Crippen LogP contribution in [0.4, 0.5) is 0 Å². The van der Waals surface area contributed by atoms with Crippen molar-refractivity contribution in [1.29, 1.82) is 0 Å². The Morgan fingerprint density at radius 1 is 1.15 bits per heavy atom. The maximum Gasteiger partial charge on any atom is 0.191 e. The van der Waals surface area contributed by atoms with Gasteiger partial charge in [0.2, 0.25) is 0 Å². The minimum atomic E-state index is 0. The molecule has 2 rings (SSSR count). The van der Waals surface area contributed by atoms with E-state index in [4.69, 9.17) is 9.47 Å². The van der Waals surface area contributed by atoms with Gasteiger partial charge in [-0.25, -0.2) is 0 Å². The molecule has 0 spiro atoms. The lowest BCUT2D eigenvalue weighted by atomic mass is 9.98. The van der Waals surface area contributed by atoms with Crippen LogP contribution in [0.25, 0.3) is 0 Å². The number of nitrogens with zero attached hydrogens (tertiary/aromatic N) is 2. The van der Waals surface area contributed by atoms with Crippen LogP contribution in [0.5, 0.6) is 0 Å². The molecule has 7 heteroatoms. The SMILES string of the molecule is CN=C(NCCCOC1CCOCC1)NCC(C)(C)N1CCCCC1.I. The summed E-state index contributed by atoms with van der Waals surface area (Å²) < 4.78 is 11.3. The van der Waals surface area contributed by atoms with E-state index >= 15 is 0 Å². The van der Waals surface area contributed by atoms with Gasteiger partial charge >= 0.3 is 0 Å². The molecule has 154 valence electrons. The number of piperidine rings is 1. The molecule has 2 heterocycles. The molecule has 0 bridgehead atoms. The maximum absolute atomic E-state index is 5.91. The summed E-state index contributed by atoms with van der Waals surface area (Å²) in [5, 5.41) is 6.89. The third-order valence-electron chi connectivity index (χ3n) is 5.26. The largest absolute Gasteiger partial charge is 0.381 e. The summed E-state index contributed by atoms with van der Waals surface area (Å²) >= 11 is 0. The van der Waals surface area contributed by atoms with E-state index in [-0.39, 0.29) is 29.5 Å². The molecule has 0 unspecified atom stereocenters. The molecule has 0 atom stereocenters. The van der Waals surface area contributed by atoms with Crippen molar-refractivity contribution in [2.45, 2.75) is 64.0 Å². The van der Waals surface area contributed by atoms with Gasteiger partial charge in [0.1, 0.15) is 0 Å². The van der Waals surface area contributed by atoms with Gasteiger partial charge in [0.15, 0.2) is 5.96 Å². The highest BCUT2D eigenvalue weighted by atomic mass is 127. The second-order valence-electron chi connectivity index (χ2n) is 7.75. The summed E-state index contributed by atoms with van der Waals surface area (Å²) in [4.78, 5) is 6.94. The first-order valence-corrected chi connectivity index (χ1v) is 10.0. The van der Waals surface area contributed by atoms with Crippen LogP contribution >= 0.6 is 24.0 Å². The van der Waals surface area contributed by atoms with E-state index in [9.17, 15) is 0 Å². The van der Waals surface area contributed by atoms with Crippen LogP contribution in [-0.2, 0) is 9.47 Å². The highest BCUT2D eigenvalue weighted by Gasteiger charge is 2.27. The van der Waals surface area contributed by atoms with Crippen LogP contribution in [-0.4, -0.2) is 75.5 Å². The second-order valence-corrected chi connectivity index (χ2v) is 7.75. The zero-order valence-electron chi connectivity index (χ0n) is 16.9. The molecule has 2 fully saturated rings. The predicted octanol–water partition coefficient (Wildman–Crippen LogP) is 2.62. The number of nitrogens with one attached hydrogen (secondary N) is 2. The number of aliphatic imine (C=N–C) groups is 1. The fourth-order valence-corrected chi connectivity index (χ4v) is 3.50. The van der Waals surface area contributed by atoms with Gasteiger partial charge in [0, 0.05) is 45.5 Å². The smallest absolute Gasteiger partial charge is 0.191 e. The van der Waals surface area contributed by atoms with E-state index in [0.29, 0.717) is 6.10 Å². The van der Waals surface area contributed by atoms with Crippen molar-refractivity contribution in [1.82, 2.24) is 15.5 Å². The number of rotatable bonds is 8. The highest BCUT2D eigenvalue weighted by molar-refractivity contribution is 14.0. The summed E-state index contributed by atoms with van der Waals surface area (Å²) in [5.41, 5.74) is 0.157. The van der Waals surface area contributed by atoms with E-state index in [0.717, 1.165) is 58.1 Å². The minimum absolute atomic E-state index is 0. The average Bonchev–Trinajstić information content (AvgIpc) is 2.65. The molecule has 2 aliphatic rings. The predicted molar refractivity (Wildman–Crippen MR) is 119 cm³/mol. The monoisotopic (exact) mass is 482 g/mol. The summed E-state index contributed by atoms with van der Waals surface area (Å²) in [7, 11) is 1.84. The number of hydrogen-bond acceptors (Lipinski definition) is 4. The van der Waals surface area contributed by atoms with E-state index in [1.807, 2.05) is 7.05 Å². The van der Waals surface area contributed by atoms with E-state index in [1.165, 1.54) is 32.4 Å². The van der Waals surface area contributed by atoms with Gasteiger partial charge in [-0.3, -0.25) is 9.89 Å². The van der Waals surface area contributed by atoms with Crippen LogP contribution in [0, 0.1) is 0 Å². The summed E-state index contributed by atoms with van der Waals surface area (Å²) in [6.07, 6.45) is 7.46. The Hall–Kier alpha value is -0.120. The van der Waals surface area contributed by atoms with Gasteiger partial charge in [0.05, 0.1) is 6.10 Å². The molecule has 0 amide bonds. The molecule has 6 nitrogen and oxygen atoms in total. The normalized spacial score (nSPS) is 20.5. The standard InChI is InChI=1S/C19H38N4O2.HI/c1-19(2,23-11-5-4-6-12-23)16-22-18(20-3)21-10-7-13-25-17-8-14-24-15-9-17;/h17H,4-16H2,1-3H3,(H2,20,21,22);1H. The minimum Gasteiger partial charge on any atom is -0.381 e. The molecule has 0 radical (unpaired) electrons. The van der Waals surface area contributed by atoms with Crippen molar-refractivity contribution in [3.8, 4) is 0 Å². The van der Waals surface area contributed by atoms with E-state index in [2.05, 4.69) is 34.4 Å². The van der Waals surface area contributed by atoms with Gasteiger partial charge in [-0.05, 0) is 59.0 Å². The Balaban J connectivity index is 0.00000338. The summed E-state index contributed by atoms with van der Waals surface area (Å²) in [5.74, 6) is 0.885. The van der Waals surface area contributed by atoms with Crippen molar-refractivity contribution < 1.29 is 9.47 Å². The molecule has 2 saturated heterocycles. The number of likely N-dealkylation sites (tertiary alicyclic amines) is 1. The number of guanidine groups is 1. The van der Waals surface area contributed by atoms with Crippen LogP contribution < -0.4 is 10.6 Å². The number of ether oxygens (including phenoxy) is 2. The Kier molecular flexibility index (Phi) is 12.1. The van der Waals surface area contributed by atoms with Crippen molar-refractivity contribution in [3.05, 3.63) is 0 Å². The third-order valence-corrected chi connectivity index (χ3v) is 5.26. The van der Waals surface area contributed by atoms with Gasteiger partial charge < -0.3 is 20.1 Å². The van der Waals surface area contributed by atoms with Crippen LogP contribution in [0.15, 0.2) is 4.99 Å². The van der Waals surface area contributed by atoms with Crippen molar-refractivity contribution >= 4 is 29.9 Å². The third kappa shape index (κ3) is 8.71. The molecule has 0 aliphatic carbocycles. The topological polar surface area (TPSA) is 58.1 Å². The highest BCUT2D eigenvalue weighted by Crippen LogP contribution is 2.19. The first-order valence-electron chi connectivity index (χ1n) is 10.0. The van der Waals surface area contributed by atoms with E-state index in [1.54, 1.807) is 0 Å². The molecule has 0 saturated carbocycles. The first-order chi connectivity index (χ1) is 12.1. The van der Waals surface area contributed by atoms with Gasteiger partial charge in [0.25, 0.3) is 0 Å². The Morgan fingerprint density at radius 3 is 2.50 bits per heavy atom. The molecule has 0 aromatic rings. The van der Waals surface area contributed by atoms with Gasteiger partial charge in [-0.1, -0.05) is 6.42 Å². The Bertz CT molecular complexity index is 395. The van der Waals surface area contributed by atoms with Crippen LogP contribution in [0.1, 0.15) is 52.4 Å². The molecular formula is C19H39IN4O2. The quantitative estimate of drug-likeness (QED) is 0.241.